The molecule has 0 saturated carbocycles. The lowest BCUT2D eigenvalue weighted by Gasteiger charge is -2.22. The number of methoxy groups -OCH3 is 1. The van der Waals surface area contributed by atoms with Gasteiger partial charge in [0.25, 0.3) is 0 Å². The first kappa shape index (κ1) is 10.9. The van der Waals surface area contributed by atoms with Gasteiger partial charge < -0.3 is 9.84 Å². The highest BCUT2D eigenvalue weighted by atomic mass is 32.1. The molecule has 3 nitrogen and oxygen atoms in total. The van der Waals surface area contributed by atoms with Gasteiger partial charge in [0.15, 0.2) is 0 Å². The quantitative estimate of drug-likeness (QED) is 0.850. The summed E-state index contributed by atoms with van der Waals surface area (Å²) in [5, 5.41) is 11.3. The maximum Gasteiger partial charge on any atom is 0.134 e. The number of nitrogens with zero attached hydrogens (tertiary/aromatic N) is 1. The molecule has 1 atom stereocenters. The molecule has 1 fully saturated rings. The molecule has 1 aliphatic rings. The Morgan fingerprint density at radius 1 is 1.67 bits per heavy atom. The van der Waals surface area contributed by atoms with Crippen LogP contribution < -0.4 is 4.74 Å². The highest BCUT2D eigenvalue weighted by Crippen LogP contribution is 2.28. The van der Waals surface area contributed by atoms with Crippen molar-refractivity contribution in [2.75, 3.05) is 20.3 Å². The van der Waals surface area contributed by atoms with Crippen LogP contribution in [0.15, 0.2) is 11.4 Å². The molecule has 84 valence electrons. The third kappa shape index (κ3) is 2.33. The molecule has 2 heterocycles. The van der Waals surface area contributed by atoms with Gasteiger partial charge in [-0.1, -0.05) is 0 Å². The summed E-state index contributed by atoms with van der Waals surface area (Å²) in [6.45, 7) is 2.27. The van der Waals surface area contributed by atoms with E-state index in [0.717, 1.165) is 25.3 Å². The molecule has 0 spiro atoms. The van der Waals surface area contributed by atoms with Crippen LogP contribution in [0.1, 0.15) is 17.7 Å². The summed E-state index contributed by atoms with van der Waals surface area (Å²) in [6.07, 6.45) is 2.31. The average Bonchev–Trinajstić information content (AvgIpc) is 2.87. The van der Waals surface area contributed by atoms with Crippen LogP contribution in [-0.2, 0) is 6.54 Å². The van der Waals surface area contributed by atoms with E-state index in [1.807, 2.05) is 6.07 Å². The van der Waals surface area contributed by atoms with Crippen LogP contribution in [0, 0.1) is 0 Å². The van der Waals surface area contributed by atoms with Crippen molar-refractivity contribution in [3.05, 3.63) is 16.3 Å². The van der Waals surface area contributed by atoms with Crippen LogP contribution in [0.5, 0.6) is 5.75 Å². The van der Waals surface area contributed by atoms with Gasteiger partial charge in [0, 0.05) is 12.6 Å². The van der Waals surface area contributed by atoms with E-state index >= 15 is 0 Å². The van der Waals surface area contributed by atoms with Crippen LogP contribution in [0.4, 0.5) is 0 Å². The molecule has 15 heavy (non-hydrogen) atoms. The van der Waals surface area contributed by atoms with E-state index in [1.54, 1.807) is 18.4 Å². The Labute approximate surface area is 94.3 Å². The predicted octanol–water partition coefficient (Wildman–Crippen LogP) is 1.71. The van der Waals surface area contributed by atoms with Crippen LogP contribution in [0.25, 0.3) is 0 Å². The lowest BCUT2D eigenvalue weighted by molar-refractivity contribution is 0.153. The second-order valence-corrected chi connectivity index (χ2v) is 4.86. The summed E-state index contributed by atoms with van der Waals surface area (Å²) in [5.41, 5.74) is 0. The molecular formula is C11H17NO2S. The molecule has 0 bridgehead atoms. The van der Waals surface area contributed by atoms with Crippen LogP contribution in [-0.4, -0.2) is 36.3 Å². The number of aliphatic hydroxyl groups excluding tert-OH is 1. The Bertz CT molecular complexity index is 313. The van der Waals surface area contributed by atoms with Gasteiger partial charge in [-0.25, -0.2) is 0 Å². The highest BCUT2D eigenvalue weighted by Gasteiger charge is 2.24. The van der Waals surface area contributed by atoms with Crippen molar-refractivity contribution in [3.8, 4) is 5.75 Å². The largest absolute Gasteiger partial charge is 0.496 e. The fraction of sp³-hybridized carbons (Fsp3) is 0.636. The Balaban J connectivity index is 2.01. The minimum absolute atomic E-state index is 0.272. The van der Waals surface area contributed by atoms with Crippen LogP contribution >= 0.6 is 11.3 Å². The highest BCUT2D eigenvalue weighted by molar-refractivity contribution is 7.10. The lowest BCUT2D eigenvalue weighted by atomic mass is 10.2. The Hall–Kier alpha value is -0.580. The molecule has 4 heteroatoms. The first-order valence-corrected chi connectivity index (χ1v) is 6.18. The molecule has 0 radical (unpaired) electrons. The van der Waals surface area contributed by atoms with Crippen molar-refractivity contribution >= 4 is 11.3 Å². The fourth-order valence-electron chi connectivity index (χ4n) is 2.12. The van der Waals surface area contributed by atoms with Gasteiger partial charge in [-0.15, -0.1) is 11.3 Å². The van der Waals surface area contributed by atoms with E-state index in [0.29, 0.717) is 6.04 Å². The van der Waals surface area contributed by atoms with Gasteiger partial charge in [0.1, 0.15) is 5.75 Å². The van der Waals surface area contributed by atoms with Crippen molar-refractivity contribution in [2.24, 2.45) is 0 Å². The van der Waals surface area contributed by atoms with Gasteiger partial charge in [0.05, 0.1) is 18.6 Å². The molecule has 2 rings (SSSR count). The smallest absolute Gasteiger partial charge is 0.134 e. The molecule has 1 aliphatic heterocycles. The monoisotopic (exact) mass is 227 g/mol. The van der Waals surface area contributed by atoms with Gasteiger partial charge in [-0.3, -0.25) is 4.90 Å². The number of likely N-dealkylation sites (tertiary alicyclic amines) is 1. The summed E-state index contributed by atoms with van der Waals surface area (Å²) in [4.78, 5) is 3.60. The number of hydrogen-bond donors (Lipinski definition) is 1. The number of aliphatic hydroxyl groups is 1. The zero-order valence-corrected chi connectivity index (χ0v) is 9.80. The maximum atomic E-state index is 9.22. The van der Waals surface area contributed by atoms with E-state index in [2.05, 4.69) is 10.3 Å². The van der Waals surface area contributed by atoms with Crippen molar-refractivity contribution < 1.29 is 9.84 Å². The van der Waals surface area contributed by atoms with E-state index in [9.17, 15) is 5.11 Å². The fourth-order valence-corrected chi connectivity index (χ4v) is 2.98. The topological polar surface area (TPSA) is 32.7 Å². The van der Waals surface area contributed by atoms with Crippen molar-refractivity contribution in [2.45, 2.75) is 25.4 Å². The van der Waals surface area contributed by atoms with Gasteiger partial charge in [-0.05, 0) is 30.8 Å². The van der Waals surface area contributed by atoms with E-state index in [1.165, 1.54) is 11.3 Å². The second-order valence-electron chi connectivity index (χ2n) is 3.86. The minimum atomic E-state index is 0.272. The Morgan fingerprint density at radius 3 is 3.27 bits per heavy atom. The van der Waals surface area contributed by atoms with Crippen molar-refractivity contribution in [1.29, 1.82) is 0 Å². The molecule has 1 aromatic rings. The summed E-state index contributed by atoms with van der Waals surface area (Å²) < 4.78 is 5.29. The first-order valence-electron chi connectivity index (χ1n) is 5.30. The van der Waals surface area contributed by atoms with Crippen molar-refractivity contribution in [1.82, 2.24) is 4.90 Å². The van der Waals surface area contributed by atoms with Crippen molar-refractivity contribution in [3.63, 3.8) is 0 Å². The van der Waals surface area contributed by atoms with Gasteiger partial charge >= 0.3 is 0 Å². The maximum absolute atomic E-state index is 9.22. The zero-order chi connectivity index (χ0) is 10.7. The van der Waals surface area contributed by atoms with Gasteiger partial charge in [0.2, 0.25) is 0 Å². The lowest BCUT2D eigenvalue weighted by Crippen LogP contribution is -2.31. The third-order valence-corrected chi connectivity index (χ3v) is 3.87. The second kappa shape index (κ2) is 4.96. The van der Waals surface area contributed by atoms with E-state index < -0.39 is 0 Å². The molecule has 0 aromatic carbocycles. The standard InChI is InChI=1S/C11H17NO2S/c1-14-10-4-6-15-11(10)7-12-5-2-3-9(12)8-13/h4,6,9,13H,2-3,5,7-8H2,1H3. The number of rotatable bonds is 4. The van der Waals surface area contributed by atoms with Gasteiger partial charge in [-0.2, -0.15) is 0 Å². The molecule has 1 unspecified atom stereocenters. The zero-order valence-electron chi connectivity index (χ0n) is 8.98. The Morgan fingerprint density at radius 2 is 2.53 bits per heavy atom. The van der Waals surface area contributed by atoms with E-state index in [4.69, 9.17) is 4.74 Å². The predicted molar refractivity (Wildman–Crippen MR) is 61.4 cm³/mol. The average molecular weight is 227 g/mol. The third-order valence-electron chi connectivity index (χ3n) is 2.98. The molecular weight excluding hydrogens is 210 g/mol. The molecule has 0 aliphatic carbocycles. The summed E-state index contributed by atoms with van der Waals surface area (Å²) in [7, 11) is 1.71. The molecule has 0 amide bonds. The summed E-state index contributed by atoms with van der Waals surface area (Å²) in [5.74, 6) is 0.976. The number of ether oxygens (including phenoxy) is 1. The molecule has 1 aromatic heterocycles. The number of thiophene rings is 1. The normalized spacial score (nSPS) is 22.1. The minimum Gasteiger partial charge on any atom is -0.496 e. The molecule has 1 saturated heterocycles. The summed E-state index contributed by atoms with van der Waals surface area (Å²) in [6, 6.07) is 2.35. The first-order chi connectivity index (χ1) is 7.35. The van der Waals surface area contributed by atoms with Crippen LogP contribution in [0.3, 0.4) is 0 Å². The number of hydrogen-bond acceptors (Lipinski definition) is 4. The Kier molecular flexibility index (Phi) is 3.61. The van der Waals surface area contributed by atoms with Crippen LogP contribution in [0.2, 0.25) is 0 Å². The summed E-state index contributed by atoms with van der Waals surface area (Å²) >= 11 is 1.73. The molecule has 1 N–H and O–H groups in total. The SMILES string of the molecule is COc1ccsc1CN1CCCC1CO. The van der Waals surface area contributed by atoms with E-state index in [-0.39, 0.29) is 6.61 Å².